The molecule has 176 valence electrons. The van der Waals surface area contributed by atoms with E-state index in [0.29, 0.717) is 27.6 Å². The first kappa shape index (κ1) is 22.5. The van der Waals surface area contributed by atoms with Crippen molar-refractivity contribution in [3.05, 3.63) is 11.6 Å². The summed E-state index contributed by atoms with van der Waals surface area (Å²) in [5, 5.41) is 10.9. The van der Waals surface area contributed by atoms with E-state index in [2.05, 4.69) is 61.5 Å². The summed E-state index contributed by atoms with van der Waals surface area (Å²) in [4.78, 5) is 0. The zero-order chi connectivity index (χ0) is 22.6. The summed E-state index contributed by atoms with van der Waals surface area (Å²) in [6.07, 6.45) is 14.6. The molecule has 0 bridgehead atoms. The van der Waals surface area contributed by atoms with Gasteiger partial charge in [-0.15, -0.1) is 0 Å². The van der Waals surface area contributed by atoms with Crippen LogP contribution in [0.25, 0.3) is 0 Å². The quantitative estimate of drug-likeness (QED) is 0.421. The Morgan fingerprint density at radius 2 is 1.52 bits per heavy atom. The molecule has 0 aliphatic heterocycles. The first-order chi connectivity index (χ1) is 14.3. The van der Waals surface area contributed by atoms with E-state index in [0.717, 1.165) is 30.1 Å². The summed E-state index contributed by atoms with van der Waals surface area (Å²) < 4.78 is 0. The summed E-state index contributed by atoms with van der Waals surface area (Å²) >= 11 is 0. The van der Waals surface area contributed by atoms with E-state index in [-0.39, 0.29) is 11.5 Å². The Morgan fingerprint density at radius 3 is 2.19 bits per heavy atom. The van der Waals surface area contributed by atoms with E-state index >= 15 is 0 Å². The second-order valence-electron chi connectivity index (χ2n) is 14.7. The van der Waals surface area contributed by atoms with E-state index in [1.54, 1.807) is 0 Å². The number of rotatable bonds is 1. The van der Waals surface area contributed by atoms with Gasteiger partial charge < -0.3 is 5.11 Å². The number of hydrogen-bond acceptors (Lipinski definition) is 1. The van der Waals surface area contributed by atoms with Crippen molar-refractivity contribution in [2.45, 2.75) is 119 Å². The van der Waals surface area contributed by atoms with Crippen molar-refractivity contribution < 1.29 is 5.11 Å². The number of fused-ring (bicyclic) bond motifs is 7. The van der Waals surface area contributed by atoms with Crippen molar-refractivity contribution in [2.24, 2.45) is 56.7 Å². The molecule has 5 aliphatic rings. The Morgan fingerprint density at radius 1 is 0.806 bits per heavy atom. The van der Waals surface area contributed by atoms with Crippen LogP contribution in [0.2, 0.25) is 0 Å². The van der Waals surface area contributed by atoms with E-state index in [1.807, 2.05) is 5.57 Å². The van der Waals surface area contributed by atoms with Crippen LogP contribution in [0.15, 0.2) is 11.6 Å². The van der Waals surface area contributed by atoms with Gasteiger partial charge in [0.1, 0.15) is 0 Å². The van der Waals surface area contributed by atoms with Gasteiger partial charge in [0.05, 0.1) is 6.10 Å². The van der Waals surface area contributed by atoms with Crippen LogP contribution >= 0.6 is 0 Å². The van der Waals surface area contributed by atoms with Gasteiger partial charge in [0.25, 0.3) is 0 Å². The molecular weight excluding hydrogens is 376 g/mol. The highest BCUT2D eigenvalue weighted by atomic mass is 16.3. The highest BCUT2D eigenvalue weighted by Crippen LogP contribution is 2.76. The lowest BCUT2D eigenvalue weighted by molar-refractivity contribution is -0.201. The van der Waals surface area contributed by atoms with E-state index in [9.17, 15) is 5.11 Å². The largest absolute Gasteiger partial charge is 0.393 e. The number of hydrogen-bond donors (Lipinski definition) is 1. The van der Waals surface area contributed by atoms with Crippen molar-refractivity contribution in [3.63, 3.8) is 0 Å². The van der Waals surface area contributed by atoms with Crippen molar-refractivity contribution in [2.75, 3.05) is 0 Å². The van der Waals surface area contributed by atoms with Crippen LogP contribution in [0, 0.1) is 56.7 Å². The fraction of sp³-hybridized carbons (Fsp3) is 0.933. The molecule has 0 amide bonds. The van der Waals surface area contributed by atoms with Crippen LogP contribution in [-0.2, 0) is 0 Å². The van der Waals surface area contributed by atoms with Gasteiger partial charge in [-0.1, -0.05) is 67.0 Å². The molecule has 0 aromatic carbocycles. The molecule has 4 fully saturated rings. The third-order valence-electron chi connectivity index (χ3n) is 13.3. The van der Waals surface area contributed by atoms with E-state index in [4.69, 9.17) is 0 Å². The van der Waals surface area contributed by atoms with Crippen LogP contribution in [0.5, 0.6) is 0 Å². The Labute approximate surface area is 192 Å². The third-order valence-corrected chi connectivity index (χ3v) is 13.3. The van der Waals surface area contributed by atoms with Crippen molar-refractivity contribution in [1.82, 2.24) is 0 Å². The van der Waals surface area contributed by atoms with Gasteiger partial charge in [-0.2, -0.15) is 0 Å². The lowest BCUT2D eigenvalue weighted by Crippen LogP contribution is -2.64. The second-order valence-corrected chi connectivity index (χ2v) is 14.7. The van der Waals surface area contributed by atoms with E-state index in [1.165, 1.54) is 51.4 Å². The molecule has 31 heavy (non-hydrogen) atoms. The molecule has 1 nitrogen and oxygen atoms in total. The predicted octanol–water partition coefficient (Wildman–Crippen LogP) is 8.02. The SMILES string of the molecule is CC(C)[C@H]1CC[C@H]2C3=CC[C@@H]4[C@@]5(C)CC[C@H](O)C(C)(C)[C@@H]5CC[C@@]4(C)[C@]3(C)CC[C@]12C. The standard InChI is InChI=1S/C30H50O/c1-19(2)20-9-10-21-22-11-12-24-28(6)15-14-25(31)26(3,4)23(28)13-16-30(24,8)29(22,7)18-17-27(20,21)5/h11,19-21,23-25,31H,9-10,12-18H2,1-8H3/t20-,21+,23+,24-,25+,27-,28+,29-,30-/m1/s1. The molecule has 5 rings (SSSR count). The van der Waals surface area contributed by atoms with Gasteiger partial charge in [0.2, 0.25) is 0 Å². The number of aliphatic hydroxyl groups is 1. The normalized spacial score (nSPS) is 55.7. The van der Waals surface area contributed by atoms with Crippen molar-refractivity contribution in [3.8, 4) is 0 Å². The van der Waals surface area contributed by atoms with Gasteiger partial charge in [-0.05, 0) is 114 Å². The Balaban J connectivity index is 1.55. The average Bonchev–Trinajstić information content (AvgIpc) is 3.03. The van der Waals surface area contributed by atoms with Crippen LogP contribution in [-0.4, -0.2) is 11.2 Å². The molecule has 0 aromatic rings. The Hall–Kier alpha value is -0.300. The van der Waals surface area contributed by atoms with Gasteiger partial charge in [0, 0.05) is 0 Å². The molecule has 0 radical (unpaired) electrons. The molecule has 4 saturated carbocycles. The summed E-state index contributed by atoms with van der Waals surface area (Å²) in [5.41, 5.74) is 3.64. The molecule has 0 heterocycles. The molecule has 0 saturated heterocycles. The smallest absolute Gasteiger partial charge is 0.0594 e. The minimum absolute atomic E-state index is 0.0559. The number of allylic oxidation sites excluding steroid dienone is 2. The van der Waals surface area contributed by atoms with Crippen LogP contribution < -0.4 is 0 Å². The molecule has 5 aliphatic carbocycles. The molecule has 1 heteroatoms. The second kappa shape index (κ2) is 6.64. The van der Waals surface area contributed by atoms with Crippen LogP contribution in [0.4, 0.5) is 0 Å². The molecule has 0 spiro atoms. The fourth-order valence-corrected chi connectivity index (χ4v) is 11.2. The minimum atomic E-state index is -0.123. The zero-order valence-electron chi connectivity index (χ0n) is 21.9. The molecule has 0 aromatic heterocycles. The van der Waals surface area contributed by atoms with Gasteiger partial charge in [-0.3, -0.25) is 0 Å². The maximum absolute atomic E-state index is 10.9. The summed E-state index contributed by atoms with van der Waals surface area (Å²) in [7, 11) is 0. The molecule has 1 N–H and O–H groups in total. The topological polar surface area (TPSA) is 20.2 Å². The van der Waals surface area contributed by atoms with Gasteiger partial charge in [0.15, 0.2) is 0 Å². The highest BCUT2D eigenvalue weighted by Gasteiger charge is 2.68. The number of aliphatic hydroxyl groups excluding tert-OH is 1. The minimum Gasteiger partial charge on any atom is -0.393 e. The van der Waals surface area contributed by atoms with Gasteiger partial charge in [-0.25, -0.2) is 0 Å². The zero-order valence-corrected chi connectivity index (χ0v) is 21.9. The lowest BCUT2D eigenvalue weighted by Gasteiger charge is -2.70. The Kier molecular flexibility index (Phi) is 4.82. The molecule has 9 atom stereocenters. The summed E-state index contributed by atoms with van der Waals surface area (Å²) in [6.45, 7) is 20.4. The Bertz CT molecular complexity index is 777. The highest BCUT2D eigenvalue weighted by molar-refractivity contribution is 5.34. The monoisotopic (exact) mass is 426 g/mol. The third kappa shape index (κ3) is 2.60. The van der Waals surface area contributed by atoms with Crippen LogP contribution in [0.3, 0.4) is 0 Å². The lowest BCUT2D eigenvalue weighted by atomic mass is 9.34. The van der Waals surface area contributed by atoms with E-state index < -0.39 is 0 Å². The molecule has 0 unspecified atom stereocenters. The molecular formula is C30H50O. The predicted molar refractivity (Wildman–Crippen MR) is 131 cm³/mol. The van der Waals surface area contributed by atoms with Crippen molar-refractivity contribution in [1.29, 1.82) is 0 Å². The van der Waals surface area contributed by atoms with Gasteiger partial charge >= 0.3 is 0 Å². The van der Waals surface area contributed by atoms with Crippen molar-refractivity contribution >= 4 is 0 Å². The average molecular weight is 427 g/mol. The maximum atomic E-state index is 10.9. The summed E-state index contributed by atoms with van der Waals surface area (Å²) in [5.74, 6) is 3.98. The van der Waals surface area contributed by atoms with Crippen LogP contribution in [0.1, 0.15) is 113 Å². The summed E-state index contributed by atoms with van der Waals surface area (Å²) in [6, 6.07) is 0. The maximum Gasteiger partial charge on any atom is 0.0594 e. The first-order valence-electron chi connectivity index (χ1n) is 13.7. The first-order valence-corrected chi connectivity index (χ1v) is 13.7. The fourth-order valence-electron chi connectivity index (χ4n) is 11.2.